The summed E-state index contributed by atoms with van der Waals surface area (Å²) in [7, 11) is 0. The number of rotatable bonds is 3. The van der Waals surface area contributed by atoms with E-state index in [4.69, 9.17) is 0 Å². The first-order valence-electron chi connectivity index (χ1n) is 8.34. The van der Waals surface area contributed by atoms with Crippen molar-refractivity contribution in [2.75, 3.05) is 18.0 Å². The number of amides is 1. The van der Waals surface area contributed by atoms with Crippen molar-refractivity contribution in [2.45, 2.75) is 51.5 Å². The van der Waals surface area contributed by atoms with Gasteiger partial charge in [-0.1, -0.05) is 25.1 Å². The number of hydrogen-bond acceptors (Lipinski definition) is 2. The molecule has 1 heterocycles. The zero-order valence-electron chi connectivity index (χ0n) is 13.0. The van der Waals surface area contributed by atoms with Crippen molar-refractivity contribution in [3.05, 3.63) is 29.8 Å². The van der Waals surface area contributed by atoms with E-state index in [0.29, 0.717) is 12.6 Å². The number of hydrogen-bond donors (Lipinski definition) is 1. The summed E-state index contributed by atoms with van der Waals surface area (Å²) in [4.78, 5) is 14.6. The fourth-order valence-electron chi connectivity index (χ4n) is 3.63. The van der Waals surface area contributed by atoms with Gasteiger partial charge in [0.25, 0.3) is 0 Å². The molecule has 0 bridgehead atoms. The van der Waals surface area contributed by atoms with E-state index in [9.17, 15) is 4.79 Å². The Labute approximate surface area is 127 Å². The monoisotopic (exact) mass is 286 g/mol. The second-order valence-electron chi connectivity index (χ2n) is 6.68. The van der Waals surface area contributed by atoms with Crippen molar-refractivity contribution in [3.63, 3.8) is 0 Å². The molecule has 1 amide bonds. The van der Waals surface area contributed by atoms with Crippen LogP contribution in [0.4, 0.5) is 5.69 Å². The van der Waals surface area contributed by atoms with Crippen LogP contribution in [0.1, 0.15) is 44.6 Å². The van der Waals surface area contributed by atoms with Gasteiger partial charge in [-0.25, -0.2) is 0 Å². The number of nitrogens with one attached hydrogen (secondary N) is 1. The third-order valence-electron chi connectivity index (χ3n) is 4.92. The molecule has 1 saturated carbocycles. The van der Waals surface area contributed by atoms with Gasteiger partial charge in [0.1, 0.15) is 0 Å². The van der Waals surface area contributed by atoms with Crippen molar-refractivity contribution in [1.82, 2.24) is 5.32 Å². The Morgan fingerprint density at radius 1 is 1.24 bits per heavy atom. The summed E-state index contributed by atoms with van der Waals surface area (Å²) in [6.45, 7) is 3.80. The topological polar surface area (TPSA) is 32.3 Å². The van der Waals surface area contributed by atoms with Gasteiger partial charge in [-0.05, 0) is 56.1 Å². The lowest BCUT2D eigenvalue weighted by atomic mass is 9.87. The number of para-hydroxylation sites is 1. The third kappa shape index (κ3) is 3.58. The first-order valence-corrected chi connectivity index (χ1v) is 8.34. The molecular weight excluding hydrogens is 260 g/mol. The summed E-state index contributed by atoms with van der Waals surface area (Å²) in [5, 5.41) is 3.24. The molecule has 1 aromatic carbocycles. The summed E-state index contributed by atoms with van der Waals surface area (Å²) in [5.74, 6) is 1.01. The highest BCUT2D eigenvalue weighted by Gasteiger charge is 2.22. The molecule has 2 aliphatic rings. The minimum Gasteiger partial charge on any atom is -0.362 e. The van der Waals surface area contributed by atoms with Crippen LogP contribution >= 0.6 is 0 Å². The third-order valence-corrected chi connectivity index (χ3v) is 4.92. The Kier molecular flexibility index (Phi) is 4.47. The Hall–Kier alpha value is -1.51. The Balaban J connectivity index is 1.56. The van der Waals surface area contributed by atoms with E-state index in [-0.39, 0.29) is 5.91 Å². The second kappa shape index (κ2) is 6.50. The fraction of sp³-hybridized carbons (Fsp3) is 0.611. The summed E-state index contributed by atoms with van der Waals surface area (Å²) in [6.07, 6.45) is 7.06. The van der Waals surface area contributed by atoms with Crippen molar-refractivity contribution >= 4 is 11.6 Å². The van der Waals surface area contributed by atoms with Gasteiger partial charge in [0.05, 0.1) is 6.54 Å². The van der Waals surface area contributed by atoms with E-state index in [1.165, 1.54) is 24.1 Å². The van der Waals surface area contributed by atoms with E-state index >= 15 is 0 Å². The van der Waals surface area contributed by atoms with Crippen molar-refractivity contribution < 1.29 is 4.79 Å². The average Bonchev–Trinajstić information content (AvgIpc) is 2.50. The minimum absolute atomic E-state index is 0.186. The van der Waals surface area contributed by atoms with Gasteiger partial charge in [0, 0.05) is 18.3 Å². The van der Waals surface area contributed by atoms with Crippen molar-refractivity contribution in [1.29, 1.82) is 0 Å². The molecule has 3 heteroatoms. The van der Waals surface area contributed by atoms with Crippen LogP contribution in [0.2, 0.25) is 0 Å². The molecule has 114 valence electrons. The molecule has 0 aromatic heterocycles. The number of fused-ring (bicyclic) bond motifs is 1. The van der Waals surface area contributed by atoms with E-state index in [1.54, 1.807) is 0 Å². The van der Waals surface area contributed by atoms with E-state index in [0.717, 1.165) is 38.1 Å². The first-order chi connectivity index (χ1) is 10.2. The SMILES string of the molecule is CC1CCC(NC(=O)CN2CCCc3ccccc32)CC1. The highest BCUT2D eigenvalue weighted by atomic mass is 16.2. The Morgan fingerprint density at radius 3 is 2.81 bits per heavy atom. The molecule has 0 unspecified atom stereocenters. The maximum absolute atomic E-state index is 12.3. The van der Waals surface area contributed by atoms with Gasteiger partial charge in [0.15, 0.2) is 0 Å². The van der Waals surface area contributed by atoms with Gasteiger partial charge in [-0.15, -0.1) is 0 Å². The molecule has 0 atom stereocenters. The van der Waals surface area contributed by atoms with Crippen LogP contribution < -0.4 is 10.2 Å². The lowest BCUT2D eigenvalue weighted by molar-refractivity contribution is -0.120. The molecule has 3 nitrogen and oxygen atoms in total. The molecular formula is C18H26N2O. The largest absolute Gasteiger partial charge is 0.362 e. The number of aryl methyl sites for hydroxylation is 1. The highest BCUT2D eigenvalue weighted by molar-refractivity contribution is 5.82. The van der Waals surface area contributed by atoms with Crippen LogP contribution in [0.3, 0.4) is 0 Å². The van der Waals surface area contributed by atoms with Crippen molar-refractivity contribution in [3.8, 4) is 0 Å². The molecule has 1 aliphatic carbocycles. The second-order valence-corrected chi connectivity index (χ2v) is 6.68. The molecule has 1 N–H and O–H groups in total. The van der Waals surface area contributed by atoms with Gasteiger partial charge in [-0.3, -0.25) is 4.79 Å². The van der Waals surface area contributed by atoms with Crippen LogP contribution in [-0.2, 0) is 11.2 Å². The first kappa shape index (κ1) is 14.4. The molecule has 3 rings (SSSR count). The molecule has 1 aromatic rings. The molecule has 1 fully saturated rings. The number of benzene rings is 1. The lowest BCUT2D eigenvalue weighted by Crippen LogP contribution is -2.44. The van der Waals surface area contributed by atoms with E-state index < -0.39 is 0 Å². The summed E-state index contributed by atoms with van der Waals surface area (Å²) >= 11 is 0. The quantitative estimate of drug-likeness (QED) is 0.926. The maximum atomic E-state index is 12.3. The average molecular weight is 286 g/mol. The van der Waals surface area contributed by atoms with Crippen molar-refractivity contribution in [2.24, 2.45) is 5.92 Å². The van der Waals surface area contributed by atoms with Crippen LogP contribution in [0.15, 0.2) is 24.3 Å². The smallest absolute Gasteiger partial charge is 0.239 e. The van der Waals surface area contributed by atoms with Gasteiger partial charge in [-0.2, -0.15) is 0 Å². The molecule has 0 radical (unpaired) electrons. The van der Waals surface area contributed by atoms with Gasteiger partial charge >= 0.3 is 0 Å². The summed E-state index contributed by atoms with van der Waals surface area (Å²) in [5.41, 5.74) is 2.62. The standard InChI is InChI=1S/C18H26N2O/c1-14-8-10-16(11-9-14)19-18(21)13-20-12-4-6-15-5-2-3-7-17(15)20/h2-3,5,7,14,16H,4,6,8-13H2,1H3,(H,19,21). The summed E-state index contributed by atoms with van der Waals surface area (Å²) < 4.78 is 0. The Bertz CT molecular complexity index is 492. The molecule has 0 saturated heterocycles. The van der Waals surface area contributed by atoms with E-state index in [2.05, 4.69) is 41.4 Å². The van der Waals surface area contributed by atoms with Gasteiger partial charge < -0.3 is 10.2 Å². The normalized spacial score (nSPS) is 25.3. The van der Waals surface area contributed by atoms with Crippen LogP contribution in [0.25, 0.3) is 0 Å². The fourth-order valence-corrected chi connectivity index (χ4v) is 3.63. The van der Waals surface area contributed by atoms with E-state index in [1.807, 2.05) is 0 Å². The molecule has 21 heavy (non-hydrogen) atoms. The molecule has 1 aliphatic heterocycles. The van der Waals surface area contributed by atoms with Crippen LogP contribution in [0.5, 0.6) is 0 Å². The number of nitrogens with zero attached hydrogens (tertiary/aromatic N) is 1. The number of carbonyl (C=O) groups excluding carboxylic acids is 1. The van der Waals surface area contributed by atoms with Gasteiger partial charge in [0.2, 0.25) is 5.91 Å². The highest BCUT2D eigenvalue weighted by Crippen LogP contribution is 2.26. The summed E-state index contributed by atoms with van der Waals surface area (Å²) in [6, 6.07) is 8.88. The maximum Gasteiger partial charge on any atom is 0.239 e. The number of anilines is 1. The number of carbonyl (C=O) groups is 1. The Morgan fingerprint density at radius 2 is 2.00 bits per heavy atom. The lowest BCUT2D eigenvalue weighted by Gasteiger charge is -2.32. The zero-order valence-corrected chi connectivity index (χ0v) is 13.0. The predicted octanol–water partition coefficient (Wildman–Crippen LogP) is 3.13. The van der Waals surface area contributed by atoms with Crippen LogP contribution in [0, 0.1) is 5.92 Å². The van der Waals surface area contributed by atoms with Crippen LogP contribution in [-0.4, -0.2) is 25.0 Å². The zero-order chi connectivity index (χ0) is 14.7. The minimum atomic E-state index is 0.186. The predicted molar refractivity (Wildman–Crippen MR) is 86.5 cm³/mol. The molecule has 0 spiro atoms.